The van der Waals surface area contributed by atoms with E-state index in [4.69, 9.17) is 26.2 Å². The van der Waals surface area contributed by atoms with Crippen LogP contribution in [0, 0.1) is 0 Å². The standard InChI is InChI=1S/C23H33ClN4O4S.C2HF3O2/c1-17(2)28(12-5-8-27-33(30,31)18(3)4)23(29)19-14-20(24)16-22(15-19)32-13-11-26-21-6-9-25-10-7-21;3-2(4,5)1(6)7/h6-7,9-10,14-18,27H,5,8,11-13H2,1-4H3,(H,25,26);(H,6,7). The first-order valence-electron chi connectivity index (χ1n) is 12.2. The maximum Gasteiger partial charge on any atom is 0.490 e. The van der Waals surface area contributed by atoms with Gasteiger partial charge in [-0.05, 0) is 64.4 Å². The zero-order valence-electron chi connectivity index (χ0n) is 22.5. The second kappa shape index (κ2) is 16.2. The van der Waals surface area contributed by atoms with Crippen molar-refractivity contribution < 1.29 is 41.0 Å². The molecule has 1 amide bonds. The topological polar surface area (TPSA) is 138 Å². The van der Waals surface area contributed by atoms with Crippen molar-refractivity contribution in [2.24, 2.45) is 0 Å². The molecular formula is C25H34ClF3N4O6S. The van der Waals surface area contributed by atoms with Gasteiger partial charge in [-0.3, -0.25) is 9.78 Å². The Morgan fingerprint density at radius 1 is 1.10 bits per heavy atom. The van der Waals surface area contributed by atoms with Crippen molar-refractivity contribution in [2.75, 3.05) is 31.6 Å². The zero-order valence-corrected chi connectivity index (χ0v) is 24.1. The fourth-order valence-electron chi connectivity index (χ4n) is 2.99. The molecule has 224 valence electrons. The Balaban J connectivity index is 0.00000101. The van der Waals surface area contributed by atoms with Gasteiger partial charge in [0.25, 0.3) is 5.91 Å². The van der Waals surface area contributed by atoms with Gasteiger partial charge in [0.05, 0.1) is 5.25 Å². The molecule has 0 spiro atoms. The number of ether oxygens (including phenoxy) is 1. The first kappa shape index (κ1) is 34.9. The number of hydrogen-bond acceptors (Lipinski definition) is 7. The van der Waals surface area contributed by atoms with Gasteiger partial charge in [0, 0.05) is 54.3 Å². The van der Waals surface area contributed by atoms with Gasteiger partial charge in [0.2, 0.25) is 10.0 Å². The number of carbonyl (C=O) groups is 2. The third-order valence-electron chi connectivity index (χ3n) is 5.12. The number of alkyl halides is 3. The van der Waals surface area contributed by atoms with Gasteiger partial charge in [0.1, 0.15) is 12.4 Å². The van der Waals surface area contributed by atoms with Crippen LogP contribution in [0.25, 0.3) is 0 Å². The molecule has 2 aromatic rings. The fourth-order valence-corrected chi connectivity index (χ4v) is 3.98. The quantitative estimate of drug-likeness (QED) is 0.283. The first-order chi connectivity index (χ1) is 18.5. The molecule has 0 bridgehead atoms. The molecule has 0 aliphatic carbocycles. The minimum Gasteiger partial charge on any atom is -0.492 e. The van der Waals surface area contributed by atoms with Gasteiger partial charge in [-0.2, -0.15) is 13.2 Å². The van der Waals surface area contributed by atoms with E-state index in [1.54, 1.807) is 49.3 Å². The monoisotopic (exact) mass is 610 g/mol. The number of nitrogens with zero attached hydrogens (tertiary/aromatic N) is 2. The number of carboxylic acids is 1. The van der Waals surface area contributed by atoms with Gasteiger partial charge >= 0.3 is 12.1 Å². The van der Waals surface area contributed by atoms with Crippen molar-refractivity contribution in [3.8, 4) is 5.75 Å². The number of benzene rings is 1. The molecule has 1 aromatic carbocycles. The van der Waals surface area contributed by atoms with E-state index in [9.17, 15) is 26.4 Å². The van der Waals surface area contributed by atoms with Gasteiger partial charge in [-0.25, -0.2) is 17.9 Å². The van der Waals surface area contributed by atoms with Gasteiger partial charge in [-0.1, -0.05) is 11.6 Å². The van der Waals surface area contributed by atoms with Crippen LogP contribution in [0.3, 0.4) is 0 Å². The van der Waals surface area contributed by atoms with Crippen LogP contribution in [0.4, 0.5) is 18.9 Å². The maximum atomic E-state index is 13.2. The highest BCUT2D eigenvalue weighted by molar-refractivity contribution is 7.90. The predicted molar refractivity (Wildman–Crippen MR) is 146 cm³/mol. The summed E-state index contributed by atoms with van der Waals surface area (Å²) in [7, 11) is -3.32. The Morgan fingerprint density at radius 3 is 2.23 bits per heavy atom. The normalized spacial score (nSPS) is 11.6. The number of aliphatic carboxylic acids is 1. The van der Waals surface area contributed by atoms with Crippen molar-refractivity contribution in [2.45, 2.75) is 51.6 Å². The summed E-state index contributed by atoms with van der Waals surface area (Å²) in [5, 5.41) is 10.3. The molecule has 0 radical (unpaired) electrons. The molecule has 1 heterocycles. The van der Waals surface area contributed by atoms with E-state index in [1.165, 1.54) is 0 Å². The summed E-state index contributed by atoms with van der Waals surface area (Å²) in [5.41, 5.74) is 1.37. The molecule has 0 saturated carbocycles. The molecular weight excluding hydrogens is 577 g/mol. The molecule has 0 aliphatic rings. The second-order valence-electron chi connectivity index (χ2n) is 8.92. The number of carboxylic acid groups (broad SMARTS) is 1. The van der Waals surface area contributed by atoms with Crippen molar-refractivity contribution in [1.82, 2.24) is 14.6 Å². The minimum absolute atomic E-state index is 0.0629. The summed E-state index contributed by atoms with van der Waals surface area (Å²) < 4.78 is 63.9. The molecule has 0 fully saturated rings. The smallest absolute Gasteiger partial charge is 0.490 e. The van der Waals surface area contributed by atoms with E-state index in [-0.39, 0.29) is 18.5 Å². The Morgan fingerprint density at radius 2 is 1.70 bits per heavy atom. The van der Waals surface area contributed by atoms with Crippen molar-refractivity contribution >= 4 is 39.2 Å². The number of pyridine rings is 1. The average Bonchev–Trinajstić information content (AvgIpc) is 2.86. The van der Waals surface area contributed by atoms with Crippen LogP contribution in [0.2, 0.25) is 5.02 Å². The van der Waals surface area contributed by atoms with Crippen molar-refractivity contribution in [3.05, 3.63) is 53.3 Å². The summed E-state index contributed by atoms with van der Waals surface area (Å²) >= 11 is 6.24. The summed E-state index contributed by atoms with van der Waals surface area (Å²) in [5.74, 6) is -2.43. The van der Waals surface area contributed by atoms with E-state index in [0.717, 1.165) is 5.69 Å². The van der Waals surface area contributed by atoms with E-state index in [1.807, 2.05) is 26.0 Å². The van der Waals surface area contributed by atoms with Crippen LogP contribution >= 0.6 is 11.6 Å². The number of hydrogen-bond donors (Lipinski definition) is 3. The van der Waals surface area contributed by atoms with Crippen LogP contribution in [0.1, 0.15) is 44.5 Å². The van der Waals surface area contributed by atoms with E-state index in [0.29, 0.717) is 42.5 Å². The number of rotatable bonds is 13. The van der Waals surface area contributed by atoms with E-state index in [2.05, 4.69) is 15.0 Å². The lowest BCUT2D eigenvalue weighted by atomic mass is 10.1. The SMILES string of the molecule is CC(C)N(CCCNS(=O)(=O)C(C)C)C(=O)c1cc(Cl)cc(OCCNc2ccncc2)c1.O=C(O)C(F)(F)F. The van der Waals surface area contributed by atoms with Crippen LogP contribution in [-0.2, 0) is 14.8 Å². The highest BCUT2D eigenvalue weighted by Gasteiger charge is 2.38. The summed E-state index contributed by atoms with van der Waals surface area (Å²) in [6, 6.07) is 8.63. The lowest BCUT2D eigenvalue weighted by Crippen LogP contribution is -2.39. The number of sulfonamides is 1. The molecule has 2 rings (SSSR count). The third-order valence-corrected chi connectivity index (χ3v) is 7.19. The molecule has 0 atom stereocenters. The maximum absolute atomic E-state index is 13.2. The molecule has 40 heavy (non-hydrogen) atoms. The van der Waals surface area contributed by atoms with E-state index < -0.39 is 27.4 Å². The van der Waals surface area contributed by atoms with Gasteiger partial charge in [-0.15, -0.1) is 0 Å². The summed E-state index contributed by atoms with van der Waals surface area (Å²) in [6.45, 7) is 8.73. The highest BCUT2D eigenvalue weighted by Crippen LogP contribution is 2.23. The number of amides is 1. The summed E-state index contributed by atoms with van der Waals surface area (Å²) in [6.07, 6.45) is -1.17. The predicted octanol–water partition coefficient (Wildman–Crippen LogP) is 4.43. The Kier molecular flexibility index (Phi) is 14.2. The molecule has 0 aliphatic heterocycles. The van der Waals surface area contributed by atoms with Crippen LogP contribution < -0.4 is 14.8 Å². The van der Waals surface area contributed by atoms with Gasteiger partial charge < -0.3 is 20.1 Å². The van der Waals surface area contributed by atoms with Crippen LogP contribution in [0.15, 0.2) is 42.7 Å². The molecule has 0 unspecified atom stereocenters. The lowest BCUT2D eigenvalue weighted by molar-refractivity contribution is -0.192. The molecule has 10 nitrogen and oxygen atoms in total. The number of nitrogens with one attached hydrogen (secondary N) is 2. The highest BCUT2D eigenvalue weighted by atomic mass is 35.5. The zero-order chi connectivity index (χ0) is 30.5. The largest absolute Gasteiger partial charge is 0.492 e. The Labute approximate surface area is 236 Å². The fraction of sp³-hybridized carbons (Fsp3) is 0.480. The van der Waals surface area contributed by atoms with Crippen LogP contribution in [-0.4, -0.2) is 79.0 Å². The minimum atomic E-state index is -5.08. The van der Waals surface area contributed by atoms with E-state index >= 15 is 0 Å². The number of halogens is 4. The molecule has 0 saturated heterocycles. The lowest BCUT2D eigenvalue weighted by Gasteiger charge is -2.27. The molecule has 15 heteroatoms. The van der Waals surface area contributed by atoms with Crippen LogP contribution in [0.5, 0.6) is 5.75 Å². The van der Waals surface area contributed by atoms with Gasteiger partial charge in [0.15, 0.2) is 0 Å². The summed E-state index contributed by atoms with van der Waals surface area (Å²) in [4.78, 5) is 27.7. The number of anilines is 1. The molecule has 1 aromatic heterocycles. The Hall–Kier alpha value is -3.10. The first-order valence-corrected chi connectivity index (χ1v) is 14.1. The van der Waals surface area contributed by atoms with Crippen molar-refractivity contribution in [3.63, 3.8) is 0 Å². The molecule has 3 N–H and O–H groups in total. The number of aromatic nitrogens is 1. The van der Waals surface area contributed by atoms with Crippen molar-refractivity contribution in [1.29, 1.82) is 0 Å². The Bertz CT molecular complexity index is 1200. The average molecular weight is 611 g/mol. The second-order valence-corrected chi connectivity index (χ2v) is 11.7. The number of carbonyl (C=O) groups excluding carboxylic acids is 1. The third kappa shape index (κ3) is 12.8.